The van der Waals surface area contributed by atoms with Crippen molar-refractivity contribution in [2.24, 2.45) is 0 Å². The van der Waals surface area contributed by atoms with Crippen molar-refractivity contribution in [1.82, 2.24) is 10.3 Å². The van der Waals surface area contributed by atoms with Gasteiger partial charge in [0.15, 0.2) is 0 Å². The molecule has 1 aromatic heterocycles. The van der Waals surface area contributed by atoms with Crippen molar-refractivity contribution in [3.63, 3.8) is 0 Å². The second-order valence-corrected chi connectivity index (χ2v) is 6.67. The highest BCUT2D eigenvalue weighted by molar-refractivity contribution is 6.39. The number of pyridine rings is 1. The Morgan fingerprint density at radius 2 is 1.77 bits per heavy atom. The zero-order chi connectivity index (χ0) is 18.5. The summed E-state index contributed by atoms with van der Waals surface area (Å²) in [6.07, 6.45) is 3.13. The molecule has 0 bridgehead atoms. The van der Waals surface area contributed by atoms with Crippen molar-refractivity contribution in [2.75, 3.05) is 5.32 Å². The predicted octanol–water partition coefficient (Wildman–Crippen LogP) is 5.37. The Bertz CT molecular complexity index is 924. The molecule has 0 aliphatic rings. The molecule has 0 unspecified atom stereocenters. The first kappa shape index (κ1) is 18.2. The minimum atomic E-state index is -0.201. The van der Waals surface area contributed by atoms with Crippen molar-refractivity contribution < 1.29 is 4.79 Å². The monoisotopic (exact) mass is 385 g/mol. The van der Waals surface area contributed by atoms with Gasteiger partial charge in [0, 0.05) is 12.7 Å². The van der Waals surface area contributed by atoms with Gasteiger partial charge in [0.2, 0.25) is 0 Å². The van der Waals surface area contributed by atoms with E-state index >= 15 is 0 Å². The largest absolute Gasteiger partial charge is 0.352 e. The lowest BCUT2D eigenvalue weighted by atomic mass is 10.1. The fourth-order valence-corrected chi connectivity index (χ4v) is 2.99. The van der Waals surface area contributed by atoms with Crippen LogP contribution in [-0.2, 0) is 6.54 Å². The van der Waals surface area contributed by atoms with Crippen molar-refractivity contribution in [3.8, 4) is 0 Å². The molecule has 4 nitrogen and oxygen atoms in total. The Hall–Kier alpha value is -2.56. The Morgan fingerprint density at radius 3 is 2.50 bits per heavy atom. The second-order valence-electron chi connectivity index (χ2n) is 5.86. The average molecular weight is 386 g/mol. The van der Waals surface area contributed by atoms with E-state index in [-0.39, 0.29) is 5.91 Å². The number of anilines is 2. The van der Waals surface area contributed by atoms with Gasteiger partial charge in [0.25, 0.3) is 5.91 Å². The molecule has 26 heavy (non-hydrogen) atoms. The summed E-state index contributed by atoms with van der Waals surface area (Å²) in [5.41, 5.74) is 3.86. The van der Waals surface area contributed by atoms with Crippen LogP contribution in [0.15, 0.2) is 60.9 Å². The summed E-state index contributed by atoms with van der Waals surface area (Å²) in [5.74, 6) is -0.201. The van der Waals surface area contributed by atoms with E-state index in [4.69, 9.17) is 23.2 Å². The fraction of sp³-hybridized carbons (Fsp3) is 0.100. The molecule has 6 heteroatoms. The molecule has 2 aromatic carbocycles. The highest BCUT2D eigenvalue weighted by Crippen LogP contribution is 2.32. The summed E-state index contributed by atoms with van der Waals surface area (Å²) in [6, 6.07) is 14.9. The van der Waals surface area contributed by atoms with Gasteiger partial charge in [-0.2, -0.15) is 0 Å². The third kappa shape index (κ3) is 4.54. The van der Waals surface area contributed by atoms with E-state index in [1.54, 1.807) is 30.5 Å². The predicted molar refractivity (Wildman–Crippen MR) is 106 cm³/mol. The number of hydrogen-bond acceptors (Lipinski definition) is 3. The maximum atomic E-state index is 12.4. The van der Waals surface area contributed by atoms with E-state index in [2.05, 4.69) is 15.6 Å². The minimum absolute atomic E-state index is 0.201. The lowest BCUT2D eigenvalue weighted by Crippen LogP contribution is -2.23. The van der Waals surface area contributed by atoms with Gasteiger partial charge >= 0.3 is 0 Å². The lowest BCUT2D eigenvalue weighted by molar-refractivity contribution is 0.0950. The lowest BCUT2D eigenvalue weighted by Gasteiger charge is -2.11. The molecule has 0 spiro atoms. The zero-order valence-electron chi connectivity index (χ0n) is 14.1. The van der Waals surface area contributed by atoms with Crippen LogP contribution >= 0.6 is 23.2 Å². The number of carbonyl (C=O) groups is 1. The summed E-state index contributed by atoms with van der Waals surface area (Å²) < 4.78 is 0. The smallest absolute Gasteiger partial charge is 0.253 e. The number of rotatable bonds is 5. The number of aromatic nitrogens is 1. The quantitative estimate of drug-likeness (QED) is 0.620. The molecule has 0 saturated heterocycles. The Kier molecular flexibility index (Phi) is 5.76. The van der Waals surface area contributed by atoms with Crippen LogP contribution in [0.2, 0.25) is 10.0 Å². The van der Waals surface area contributed by atoms with Gasteiger partial charge in [-0.1, -0.05) is 59.1 Å². The maximum absolute atomic E-state index is 12.4. The van der Waals surface area contributed by atoms with Crippen molar-refractivity contribution in [1.29, 1.82) is 0 Å². The number of amides is 1. The molecule has 2 N–H and O–H groups in total. The van der Waals surface area contributed by atoms with Gasteiger partial charge in [0.05, 0.1) is 33.2 Å². The van der Waals surface area contributed by atoms with Gasteiger partial charge in [0.1, 0.15) is 0 Å². The van der Waals surface area contributed by atoms with Crippen LogP contribution in [0.25, 0.3) is 0 Å². The second kappa shape index (κ2) is 8.21. The zero-order valence-corrected chi connectivity index (χ0v) is 15.6. The molecule has 1 amide bonds. The topological polar surface area (TPSA) is 54.0 Å². The number of para-hydroxylation sites is 1. The highest BCUT2D eigenvalue weighted by atomic mass is 35.5. The van der Waals surface area contributed by atoms with E-state index in [1.165, 1.54) is 6.20 Å². The van der Waals surface area contributed by atoms with Crippen LogP contribution in [0, 0.1) is 6.92 Å². The Balaban J connectivity index is 1.71. The molecular weight excluding hydrogens is 369 g/mol. The van der Waals surface area contributed by atoms with Crippen molar-refractivity contribution >= 4 is 40.5 Å². The number of nitrogens with zero attached hydrogens (tertiary/aromatic N) is 1. The number of aryl methyl sites for hydroxylation is 1. The van der Waals surface area contributed by atoms with Crippen molar-refractivity contribution in [2.45, 2.75) is 13.5 Å². The summed E-state index contributed by atoms with van der Waals surface area (Å²) in [4.78, 5) is 16.5. The molecule has 0 radical (unpaired) electrons. The van der Waals surface area contributed by atoms with Gasteiger partial charge in [-0.3, -0.25) is 9.78 Å². The SMILES string of the molecule is Cc1cccc(CNC(=O)c2cncc(Nc3c(Cl)cccc3Cl)c2)c1. The molecule has 3 rings (SSSR count). The number of nitrogens with one attached hydrogen (secondary N) is 2. The van der Waals surface area contributed by atoms with E-state index < -0.39 is 0 Å². The van der Waals surface area contributed by atoms with Crippen LogP contribution in [0.4, 0.5) is 11.4 Å². The summed E-state index contributed by atoms with van der Waals surface area (Å²) >= 11 is 12.3. The van der Waals surface area contributed by atoms with E-state index in [0.717, 1.165) is 11.1 Å². The van der Waals surface area contributed by atoms with Gasteiger partial charge in [-0.05, 0) is 30.7 Å². The number of halogens is 2. The van der Waals surface area contributed by atoms with Gasteiger partial charge in [-0.25, -0.2) is 0 Å². The van der Waals surface area contributed by atoms with Crippen LogP contribution in [-0.4, -0.2) is 10.9 Å². The van der Waals surface area contributed by atoms with Crippen LogP contribution in [0.5, 0.6) is 0 Å². The molecular formula is C20H17Cl2N3O. The van der Waals surface area contributed by atoms with Crippen LogP contribution in [0.1, 0.15) is 21.5 Å². The summed E-state index contributed by atoms with van der Waals surface area (Å²) in [5, 5.41) is 6.99. The van der Waals surface area contributed by atoms with Crippen molar-refractivity contribution in [3.05, 3.63) is 87.7 Å². The Labute approximate surface area is 162 Å². The molecule has 3 aromatic rings. The van der Waals surface area contributed by atoms with Gasteiger partial charge in [-0.15, -0.1) is 0 Å². The van der Waals surface area contributed by atoms with Gasteiger partial charge < -0.3 is 10.6 Å². The molecule has 0 saturated carbocycles. The number of carbonyl (C=O) groups excluding carboxylic acids is 1. The van der Waals surface area contributed by atoms with Crippen LogP contribution < -0.4 is 10.6 Å². The first-order valence-corrected chi connectivity index (χ1v) is 8.78. The minimum Gasteiger partial charge on any atom is -0.352 e. The molecule has 0 atom stereocenters. The molecule has 132 valence electrons. The fourth-order valence-electron chi connectivity index (χ4n) is 2.50. The molecule has 1 heterocycles. The number of hydrogen-bond donors (Lipinski definition) is 2. The third-order valence-corrected chi connectivity index (χ3v) is 4.40. The normalized spacial score (nSPS) is 10.4. The molecule has 0 fully saturated rings. The highest BCUT2D eigenvalue weighted by Gasteiger charge is 2.10. The molecule has 0 aliphatic heterocycles. The van der Waals surface area contributed by atoms with E-state index in [9.17, 15) is 4.79 Å². The first-order valence-electron chi connectivity index (χ1n) is 8.03. The maximum Gasteiger partial charge on any atom is 0.253 e. The third-order valence-electron chi connectivity index (χ3n) is 3.77. The standard InChI is InChI=1S/C20H17Cl2N3O/c1-13-4-2-5-14(8-13)10-24-20(26)15-9-16(12-23-11-15)25-19-17(21)6-3-7-18(19)22/h2-9,11-12,25H,10H2,1H3,(H,24,26). The first-order chi connectivity index (χ1) is 12.5. The van der Waals surface area contributed by atoms with E-state index in [0.29, 0.717) is 33.5 Å². The summed E-state index contributed by atoms with van der Waals surface area (Å²) in [6.45, 7) is 2.47. The average Bonchev–Trinajstić information content (AvgIpc) is 2.63. The summed E-state index contributed by atoms with van der Waals surface area (Å²) in [7, 11) is 0. The molecule has 0 aliphatic carbocycles. The van der Waals surface area contributed by atoms with Crippen LogP contribution in [0.3, 0.4) is 0 Å². The Morgan fingerprint density at radius 1 is 1.04 bits per heavy atom. The number of benzene rings is 2. The van der Waals surface area contributed by atoms with E-state index in [1.807, 2.05) is 31.2 Å².